The lowest BCUT2D eigenvalue weighted by Gasteiger charge is -2.43. The highest BCUT2D eigenvalue weighted by Gasteiger charge is 2.47. The van der Waals surface area contributed by atoms with E-state index in [1.807, 2.05) is 30.3 Å². The number of morpholine rings is 1. The Labute approximate surface area is 186 Å². The Morgan fingerprint density at radius 1 is 1.12 bits per heavy atom. The topological polar surface area (TPSA) is 90.3 Å². The van der Waals surface area contributed by atoms with Crippen LogP contribution in [0.15, 0.2) is 41.2 Å². The van der Waals surface area contributed by atoms with Crippen molar-refractivity contribution in [3.05, 3.63) is 52.3 Å². The van der Waals surface area contributed by atoms with Crippen LogP contribution in [0.4, 0.5) is 17.2 Å². The van der Waals surface area contributed by atoms with Gasteiger partial charge in [-0.05, 0) is 25.0 Å². The molecule has 2 fully saturated rings. The zero-order valence-electron chi connectivity index (χ0n) is 18.2. The van der Waals surface area contributed by atoms with Crippen LogP contribution >= 0.6 is 0 Å². The van der Waals surface area contributed by atoms with Crippen LogP contribution < -0.4 is 15.8 Å². The lowest BCUT2D eigenvalue weighted by atomic mass is 10.1. The van der Waals surface area contributed by atoms with Gasteiger partial charge in [0.15, 0.2) is 0 Å². The minimum atomic E-state index is -1.17. The number of carbonyl (C=O) groups is 1. The molecule has 1 unspecified atom stereocenters. The van der Waals surface area contributed by atoms with Crippen LogP contribution in [-0.2, 0) is 11.8 Å². The molecule has 1 aliphatic carbocycles. The molecule has 5 rings (SSSR count). The molecule has 0 radical (unpaired) electrons. The second-order valence-electron chi connectivity index (χ2n) is 8.53. The van der Waals surface area contributed by atoms with Crippen molar-refractivity contribution in [2.24, 2.45) is 7.05 Å². The molecule has 1 aromatic heterocycles. The summed E-state index contributed by atoms with van der Waals surface area (Å²) in [5.41, 5.74) is 1.42. The fourth-order valence-electron chi connectivity index (χ4n) is 4.51. The second kappa shape index (κ2) is 8.57. The maximum Gasteiger partial charge on any atom is 0.263 e. The first kappa shape index (κ1) is 21.0. The Hall–Kier alpha value is -2.88. The largest absolute Gasteiger partial charge is 0.383 e. The molecule has 32 heavy (non-hydrogen) atoms. The highest BCUT2D eigenvalue weighted by Crippen LogP contribution is 2.42. The summed E-state index contributed by atoms with van der Waals surface area (Å²) in [6.07, 6.45) is 0.567. The molecule has 2 N–H and O–H groups in total. The fraction of sp³-hybridized carbons (Fsp3) is 0.478. The van der Waals surface area contributed by atoms with Gasteiger partial charge < -0.3 is 15.2 Å². The minimum absolute atomic E-state index is 0.00953. The zero-order valence-corrected chi connectivity index (χ0v) is 18.2. The van der Waals surface area contributed by atoms with Crippen LogP contribution in [0, 0.1) is 0 Å². The molecule has 2 aliphatic heterocycles. The van der Waals surface area contributed by atoms with Gasteiger partial charge in [-0.15, -0.1) is 0 Å². The van der Waals surface area contributed by atoms with E-state index in [1.54, 1.807) is 16.8 Å². The highest BCUT2D eigenvalue weighted by atomic mass is 16.5. The van der Waals surface area contributed by atoms with Crippen molar-refractivity contribution < 1.29 is 14.6 Å². The van der Waals surface area contributed by atoms with E-state index in [4.69, 9.17) is 4.74 Å². The monoisotopic (exact) mass is 439 g/mol. The van der Waals surface area contributed by atoms with Crippen molar-refractivity contribution in [3.8, 4) is 0 Å². The lowest BCUT2D eigenvalue weighted by molar-refractivity contribution is 0.00266. The molecule has 0 bridgehead atoms. The van der Waals surface area contributed by atoms with Gasteiger partial charge in [0.25, 0.3) is 11.5 Å². The summed E-state index contributed by atoms with van der Waals surface area (Å²) in [5, 5.41) is 14.6. The number of anilines is 3. The van der Waals surface area contributed by atoms with Gasteiger partial charge in [-0.25, -0.2) is 0 Å². The number of rotatable bonds is 6. The third-order valence-corrected chi connectivity index (χ3v) is 6.39. The van der Waals surface area contributed by atoms with Crippen LogP contribution in [0.25, 0.3) is 0 Å². The molecule has 9 heteroatoms. The third-order valence-electron chi connectivity index (χ3n) is 6.39. The number of ether oxygens (including phenoxy) is 1. The zero-order chi connectivity index (χ0) is 22.2. The smallest absolute Gasteiger partial charge is 0.263 e. The van der Waals surface area contributed by atoms with Crippen molar-refractivity contribution in [3.63, 3.8) is 0 Å². The van der Waals surface area contributed by atoms with E-state index in [0.29, 0.717) is 23.6 Å². The molecule has 1 saturated carbocycles. The molecule has 0 spiro atoms. The second-order valence-corrected chi connectivity index (χ2v) is 8.53. The number of nitrogens with one attached hydrogen (secondary N) is 1. The Morgan fingerprint density at radius 3 is 2.53 bits per heavy atom. The Balaban J connectivity index is 1.54. The predicted octanol–water partition coefficient (Wildman–Crippen LogP) is 1.16. The predicted molar refractivity (Wildman–Crippen MR) is 121 cm³/mol. The normalized spacial score (nSPS) is 21.6. The van der Waals surface area contributed by atoms with Gasteiger partial charge in [0.05, 0.1) is 18.9 Å². The number of hydrogen-bond donors (Lipinski definition) is 2. The maximum atomic E-state index is 13.6. The van der Waals surface area contributed by atoms with Crippen LogP contribution in [0.3, 0.4) is 0 Å². The summed E-state index contributed by atoms with van der Waals surface area (Å²) in [6, 6.07) is 10.9. The molecule has 3 aliphatic rings. The molecule has 1 atom stereocenters. The number of aliphatic hydroxyl groups excluding tert-OH is 1. The van der Waals surface area contributed by atoms with E-state index in [1.165, 1.54) is 10.6 Å². The molecular weight excluding hydrogens is 410 g/mol. The first-order valence-electron chi connectivity index (χ1n) is 11.2. The average molecular weight is 440 g/mol. The van der Waals surface area contributed by atoms with Gasteiger partial charge in [-0.3, -0.25) is 28.9 Å². The number of aromatic nitrogens is 1. The Kier molecular flexibility index (Phi) is 5.62. The minimum Gasteiger partial charge on any atom is -0.383 e. The summed E-state index contributed by atoms with van der Waals surface area (Å²) < 4.78 is 6.85. The third kappa shape index (κ3) is 3.76. The summed E-state index contributed by atoms with van der Waals surface area (Å²) in [6.45, 7) is 4.58. The SMILES string of the molecule is Cn1c2c(c(NCCN3CCOCC3)cc1=O)C(=O)N(C1CC1)C(O)N2c1ccccc1. The molecule has 9 nitrogen and oxygen atoms in total. The van der Waals surface area contributed by atoms with Gasteiger partial charge >= 0.3 is 0 Å². The van der Waals surface area contributed by atoms with E-state index >= 15 is 0 Å². The lowest BCUT2D eigenvalue weighted by Crippen LogP contribution is -2.56. The maximum absolute atomic E-state index is 13.6. The molecule has 3 heterocycles. The number of hydrogen-bond acceptors (Lipinski definition) is 7. The molecule has 2 aromatic rings. The highest BCUT2D eigenvalue weighted by molar-refractivity contribution is 6.07. The molecule has 1 amide bonds. The summed E-state index contributed by atoms with van der Waals surface area (Å²) in [4.78, 5) is 32.0. The standard InChI is InChI=1S/C23H29N5O4/c1-25-19(29)15-18(24-9-10-26-11-13-32-14-12-26)20-21(25)27(16-5-3-2-4-6-16)23(31)28(22(20)30)17-7-8-17/h2-6,15,17,23-24,31H,7-14H2,1H3. The Bertz CT molecular complexity index is 1050. The summed E-state index contributed by atoms with van der Waals surface area (Å²) in [5.74, 6) is 0.165. The molecule has 1 saturated heterocycles. The van der Waals surface area contributed by atoms with Gasteiger partial charge in [-0.1, -0.05) is 18.2 Å². The first-order chi connectivity index (χ1) is 15.6. The van der Waals surface area contributed by atoms with Crippen molar-refractivity contribution in [1.82, 2.24) is 14.4 Å². The van der Waals surface area contributed by atoms with E-state index in [2.05, 4.69) is 10.2 Å². The summed E-state index contributed by atoms with van der Waals surface area (Å²) in [7, 11) is 1.64. The van der Waals surface area contributed by atoms with Gasteiger partial charge in [0.1, 0.15) is 11.4 Å². The van der Waals surface area contributed by atoms with Crippen LogP contribution in [0.5, 0.6) is 0 Å². The van der Waals surface area contributed by atoms with Crippen molar-refractivity contribution in [2.45, 2.75) is 25.2 Å². The average Bonchev–Trinajstić information content (AvgIpc) is 3.63. The summed E-state index contributed by atoms with van der Waals surface area (Å²) >= 11 is 0. The number of para-hydroxylation sites is 1. The molecule has 170 valence electrons. The molecule has 1 aromatic carbocycles. The van der Waals surface area contributed by atoms with Gasteiger partial charge in [0.2, 0.25) is 6.35 Å². The Morgan fingerprint density at radius 2 is 1.84 bits per heavy atom. The van der Waals surface area contributed by atoms with Crippen molar-refractivity contribution in [1.29, 1.82) is 0 Å². The number of benzene rings is 1. The van der Waals surface area contributed by atoms with Crippen molar-refractivity contribution in [2.75, 3.05) is 49.6 Å². The number of aliphatic hydroxyl groups is 1. The number of pyridine rings is 1. The molecular formula is C23H29N5O4. The van der Waals surface area contributed by atoms with Gasteiger partial charge in [-0.2, -0.15) is 0 Å². The number of nitrogens with zero attached hydrogens (tertiary/aromatic N) is 4. The number of carbonyl (C=O) groups excluding carboxylic acids is 1. The first-order valence-corrected chi connectivity index (χ1v) is 11.2. The van der Waals surface area contributed by atoms with Gasteiger partial charge in [0, 0.05) is 51.0 Å². The van der Waals surface area contributed by atoms with E-state index < -0.39 is 6.35 Å². The fourth-order valence-corrected chi connectivity index (χ4v) is 4.51. The van der Waals surface area contributed by atoms with Crippen LogP contribution in [0.2, 0.25) is 0 Å². The quantitative estimate of drug-likeness (QED) is 0.698. The van der Waals surface area contributed by atoms with E-state index in [-0.39, 0.29) is 17.5 Å². The number of amides is 1. The number of fused-ring (bicyclic) bond motifs is 1. The van der Waals surface area contributed by atoms with Crippen LogP contribution in [-0.4, -0.2) is 77.2 Å². The van der Waals surface area contributed by atoms with E-state index in [9.17, 15) is 14.7 Å². The van der Waals surface area contributed by atoms with Crippen molar-refractivity contribution >= 4 is 23.1 Å². The van der Waals surface area contributed by atoms with Crippen LogP contribution in [0.1, 0.15) is 23.2 Å². The van der Waals surface area contributed by atoms with E-state index in [0.717, 1.165) is 51.4 Å².